The molecule has 1 unspecified atom stereocenters. The molecule has 0 aliphatic carbocycles. The average Bonchev–Trinajstić information content (AvgIpc) is 3.67. The molecule has 4 aromatic carbocycles. The van der Waals surface area contributed by atoms with Crippen molar-refractivity contribution in [3.05, 3.63) is 113 Å². The van der Waals surface area contributed by atoms with E-state index < -0.39 is 17.7 Å². The summed E-state index contributed by atoms with van der Waals surface area (Å²) in [5.41, 5.74) is 3.15. The van der Waals surface area contributed by atoms with E-state index in [1.165, 1.54) is 33.4 Å². The Balaban J connectivity index is 1.37. The molecule has 6 rings (SSSR count). The number of benzene rings is 4. The topological polar surface area (TPSA) is 102 Å². The first-order chi connectivity index (χ1) is 23.4. The number of ketones is 1. The third-order valence-corrected chi connectivity index (χ3v) is 10.3. The number of aromatic nitrogens is 2. The predicted octanol–water partition coefficient (Wildman–Crippen LogP) is 8.89. The summed E-state index contributed by atoms with van der Waals surface area (Å²) in [6, 6.07) is 26.0. The van der Waals surface area contributed by atoms with Crippen molar-refractivity contribution in [2.75, 3.05) is 18.1 Å². The van der Waals surface area contributed by atoms with E-state index in [0.29, 0.717) is 45.9 Å². The van der Waals surface area contributed by atoms with Crippen molar-refractivity contribution in [1.29, 1.82) is 0 Å². The molecule has 0 radical (unpaired) electrons. The zero-order valence-electron chi connectivity index (χ0n) is 27.1. The number of nitrogens with zero attached hydrogens (tertiary/aromatic N) is 3. The molecule has 246 valence electrons. The Morgan fingerprint density at radius 2 is 1.71 bits per heavy atom. The van der Waals surface area contributed by atoms with Crippen LogP contribution >= 0.6 is 23.1 Å². The van der Waals surface area contributed by atoms with Gasteiger partial charge in [-0.2, -0.15) is 0 Å². The van der Waals surface area contributed by atoms with Crippen molar-refractivity contribution in [1.82, 2.24) is 10.2 Å². The molecule has 0 spiro atoms. The van der Waals surface area contributed by atoms with Crippen LogP contribution in [0.25, 0.3) is 16.5 Å². The standard InChI is InChI=1S/C38H37N3O5S2/c1-4-6-9-21-46-30-20-19-27(22-31(30)45-5-2)33-32(34(42)26-17-15-24(3)16-18-26)35(43)36(44)41(33)37-39-40-38(48-37)47-23-28-13-10-12-25-11-7-8-14-29(25)28/h7-8,10-20,22,33,42H,4-6,9,21,23H2,1-3H3. The SMILES string of the molecule is CCCCCOc1ccc(C2C(=C(O)c3ccc(C)cc3)C(=O)C(=O)N2c2nnc(SCc3cccc4ccccc34)s2)cc1OCC. The van der Waals surface area contributed by atoms with Crippen molar-refractivity contribution < 1.29 is 24.2 Å². The van der Waals surface area contributed by atoms with E-state index in [9.17, 15) is 14.7 Å². The number of rotatable bonds is 13. The summed E-state index contributed by atoms with van der Waals surface area (Å²) in [5.74, 6) is -0.104. The molecule has 1 amide bonds. The summed E-state index contributed by atoms with van der Waals surface area (Å²) in [4.78, 5) is 28.9. The Morgan fingerprint density at radius 1 is 0.917 bits per heavy atom. The minimum Gasteiger partial charge on any atom is -0.507 e. The number of amides is 1. The molecule has 8 nitrogen and oxygen atoms in total. The van der Waals surface area contributed by atoms with E-state index in [-0.39, 0.29) is 16.5 Å². The summed E-state index contributed by atoms with van der Waals surface area (Å²) in [7, 11) is 0. The van der Waals surface area contributed by atoms with Crippen LogP contribution in [0.15, 0.2) is 94.8 Å². The number of ether oxygens (including phenoxy) is 2. The van der Waals surface area contributed by atoms with Crippen LogP contribution in [0.4, 0.5) is 5.13 Å². The van der Waals surface area contributed by atoms with E-state index in [2.05, 4.69) is 41.4 Å². The fraction of sp³-hybridized carbons (Fsp3) is 0.263. The molecule has 1 saturated heterocycles. The van der Waals surface area contributed by atoms with Crippen LogP contribution < -0.4 is 14.4 Å². The zero-order valence-corrected chi connectivity index (χ0v) is 28.8. The van der Waals surface area contributed by atoms with Gasteiger partial charge >= 0.3 is 5.91 Å². The molecule has 0 bridgehead atoms. The van der Waals surface area contributed by atoms with E-state index >= 15 is 0 Å². The molecule has 1 aliphatic heterocycles. The lowest BCUT2D eigenvalue weighted by molar-refractivity contribution is -0.132. The number of aryl methyl sites for hydroxylation is 1. The number of unbranched alkanes of at least 4 members (excludes halogenated alkanes) is 2. The smallest absolute Gasteiger partial charge is 0.301 e. The average molecular weight is 680 g/mol. The molecule has 2 heterocycles. The number of fused-ring (bicyclic) bond motifs is 1. The van der Waals surface area contributed by atoms with E-state index in [0.717, 1.165) is 35.8 Å². The normalized spacial score (nSPS) is 15.7. The lowest BCUT2D eigenvalue weighted by Crippen LogP contribution is -2.29. The maximum absolute atomic E-state index is 13.8. The van der Waals surface area contributed by atoms with Crippen LogP contribution in [0.1, 0.15) is 61.4 Å². The summed E-state index contributed by atoms with van der Waals surface area (Å²) in [6.45, 7) is 6.90. The minimum absolute atomic E-state index is 0.0249. The molecule has 10 heteroatoms. The van der Waals surface area contributed by atoms with Gasteiger partial charge in [-0.05, 0) is 54.3 Å². The van der Waals surface area contributed by atoms with Crippen LogP contribution in [0.3, 0.4) is 0 Å². The molecule has 1 fully saturated rings. The highest BCUT2D eigenvalue weighted by Gasteiger charge is 2.48. The number of Topliss-reactive ketones (excluding diaryl/α,β-unsaturated/α-hetero) is 1. The summed E-state index contributed by atoms with van der Waals surface area (Å²) >= 11 is 2.76. The van der Waals surface area contributed by atoms with E-state index in [4.69, 9.17) is 9.47 Å². The number of aliphatic hydroxyl groups is 1. The van der Waals surface area contributed by atoms with Gasteiger partial charge in [0.15, 0.2) is 15.8 Å². The largest absolute Gasteiger partial charge is 0.507 e. The lowest BCUT2D eigenvalue weighted by atomic mass is 9.95. The van der Waals surface area contributed by atoms with Crippen molar-refractivity contribution >= 4 is 56.5 Å². The van der Waals surface area contributed by atoms with Crippen LogP contribution in [-0.2, 0) is 15.3 Å². The monoisotopic (exact) mass is 679 g/mol. The number of hydrogen-bond donors (Lipinski definition) is 1. The van der Waals surface area contributed by atoms with Gasteiger partial charge in [0.1, 0.15) is 5.76 Å². The highest BCUT2D eigenvalue weighted by atomic mass is 32.2. The molecule has 48 heavy (non-hydrogen) atoms. The van der Waals surface area contributed by atoms with Gasteiger partial charge in [0.2, 0.25) is 5.13 Å². The van der Waals surface area contributed by atoms with Gasteiger partial charge in [0, 0.05) is 11.3 Å². The van der Waals surface area contributed by atoms with Gasteiger partial charge in [-0.1, -0.05) is 121 Å². The van der Waals surface area contributed by atoms with Gasteiger partial charge in [-0.15, -0.1) is 10.2 Å². The molecule has 1 aromatic heterocycles. The second-order valence-corrected chi connectivity index (χ2v) is 13.7. The Hall–Kier alpha value is -4.67. The first kappa shape index (κ1) is 33.2. The quantitative estimate of drug-likeness (QED) is 0.0329. The van der Waals surface area contributed by atoms with Crippen molar-refractivity contribution in [2.45, 2.75) is 56.2 Å². The van der Waals surface area contributed by atoms with Crippen LogP contribution in [0.5, 0.6) is 11.5 Å². The fourth-order valence-corrected chi connectivity index (χ4v) is 7.62. The van der Waals surface area contributed by atoms with E-state index in [1.807, 2.05) is 44.2 Å². The van der Waals surface area contributed by atoms with Crippen molar-refractivity contribution in [3.63, 3.8) is 0 Å². The van der Waals surface area contributed by atoms with Crippen molar-refractivity contribution in [3.8, 4) is 11.5 Å². The second kappa shape index (κ2) is 15.0. The number of aliphatic hydroxyl groups excluding tert-OH is 1. The molecule has 0 saturated carbocycles. The van der Waals surface area contributed by atoms with E-state index in [1.54, 1.807) is 30.3 Å². The molecule has 1 atom stereocenters. The molecule has 1 N–H and O–H groups in total. The summed E-state index contributed by atoms with van der Waals surface area (Å²) in [6.07, 6.45) is 3.05. The molecule has 5 aromatic rings. The first-order valence-electron chi connectivity index (χ1n) is 16.1. The van der Waals surface area contributed by atoms with Gasteiger partial charge < -0.3 is 14.6 Å². The Kier molecular flexibility index (Phi) is 10.4. The predicted molar refractivity (Wildman–Crippen MR) is 192 cm³/mol. The lowest BCUT2D eigenvalue weighted by Gasteiger charge is -2.23. The van der Waals surface area contributed by atoms with Gasteiger partial charge in [-0.3, -0.25) is 14.5 Å². The number of thioether (sulfide) groups is 1. The Labute approximate surface area is 288 Å². The number of anilines is 1. The number of carbonyl (C=O) groups excluding carboxylic acids is 2. The highest BCUT2D eigenvalue weighted by molar-refractivity contribution is 8.00. The van der Waals surface area contributed by atoms with Crippen LogP contribution in [-0.4, -0.2) is 40.2 Å². The Morgan fingerprint density at radius 3 is 2.50 bits per heavy atom. The fourth-order valence-electron chi connectivity index (χ4n) is 5.74. The maximum atomic E-state index is 13.8. The van der Waals surface area contributed by atoms with Gasteiger partial charge in [-0.25, -0.2) is 0 Å². The summed E-state index contributed by atoms with van der Waals surface area (Å²) in [5, 5.41) is 23.0. The van der Waals surface area contributed by atoms with Gasteiger partial charge in [0.05, 0.1) is 24.8 Å². The number of carbonyl (C=O) groups is 2. The third-order valence-electron chi connectivity index (χ3n) is 8.19. The summed E-state index contributed by atoms with van der Waals surface area (Å²) < 4.78 is 12.7. The minimum atomic E-state index is -0.969. The maximum Gasteiger partial charge on any atom is 0.301 e. The zero-order chi connectivity index (χ0) is 33.6. The second-order valence-electron chi connectivity index (χ2n) is 11.5. The van der Waals surface area contributed by atoms with Crippen LogP contribution in [0.2, 0.25) is 0 Å². The molecule has 1 aliphatic rings. The first-order valence-corrected chi connectivity index (χ1v) is 17.9. The Bertz CT molecular complexity index is 1970. The number of hydrogen-bond acceptors (Lipinski definition) is 9. The van der Waals surface area contributed by atoms with Crippen LogP contribution in [0, 0.1) is 6.92 Å². The van der Waals surface area contributed by atoms with Crippen molar-refractivity contribution in [2.24, 2.45) is 0 Å². The highest BCUT2D eigenvalue weighted by Crippen LogP contribution is 2.46. The molecular weight excluding hydrogens is 643 g/mol. The third kappa shape index (κ3) is 6.95. The van der Waals surface area contributed by atoms with Gasteiger partial charge in [0.25, 0.3) is 5.78 Å². The molecular formula is C38H37N3O5S2.